The summed E-state index contributed by atoms with van der Waals surface area (Å²) in [6.07, 6.45) is 11.5. The molecule has 2 spiro atoms. The van der Waals surface area contributed by atoms with Crippen molar-refractivity contribution in [2.75, 3.05) is 19.6 Å². The molecule has 34 heavy (non-hydrogen) atoms. The van der Waals surface area contributed by atoms with Gasteiger partial charge in [-0.05, 0) is 75.1 Å². The Balaban J connectivity index is 1.26. The van der Waals surface area contributed by atoms with Crippen LogP contribution in [0, 0.1) is 11.3 Å². The Morgan fingerprint density at radius 1 is 1.18 bits per heavy atom. The summed E-state index contributed by atoms with van der Waals surface area (Å²) in [5, 5.41) is 15.1. The summed E-state index contributed by atoms with van der Waals surface area (Å²) in [5.41, 5.74) is 2.68. The number of carbonyl (C=O) groups is 1. The molecule has 2 saturated carbocycles. The number of rotatable bonds is 4. The van der Waals surface area contributed by atoms with Crippen LogP contribution in [0.2, 0.25) is 0 Å². The van der Waals surface area contributed by atoms with Crippen LogP contribution < -0.4 is 4.74 Å². The van der Waals surface area contributed by atoms with Crippen molar-refractivity contribution in [3.8, 4) is 11.5 Å². The first-order valence-corrected chi connectivity index (χ1v) is 13.1. The maximum Gasteiger partial charge on any atom is 0.244 e. The van der Waals surface area contributed by atoms with Crippen LogP contribution in [0.4, 0.5) is 0 Å². The van der Waals surface area contributed by atoms with Gasteiger partial charge < -0.3 is 14.7 Å². The van der Waals surface area contributed by atoms with Crippen LogP contribution in [-0.2, 0) is 23.2 Å². The molecule has 1 aromatic carbocycles. The predicted molar refractivity (Wildman–Crippen MR) is 125 cm³/mol. The maximum absolute atomic E-state index is 13.6. The monoisotopic (exact) mass is 460 g/mol. The van der Waals surface area contributed by atoms with Crippen molar-refractivity contribution in [1.29, 1.82) is 0 Å². The molecule has 9 rings (SSSR count). The molecular formula is C27H32N4O3. The Bertz CT molecular complexity index is 1180. The Kier molecular flexibility index (Phi) is 3.81. The lowest BCUT2D eigenvalue weighted by atomic mass is 9.42. The molecule has 4 aliphatic heterocycles. The van der Waals surface area contributed by atoms with Crippen molar-refractivity contribution in [2.24, 2.45) is 11.3 Å². The molecule has 178 valence electrons. The second-order valence-electron chi connectivity index (χ2n) is 11.7. The van der Waals surface area contributed by atoms with E-state index in [2.05, 4.69) is 21.0 Å². The summed E-state index contributed by atoms with van der Waals surface area (Å²) < 4.78 is 8.51. The third-order valence-corrected chi connectivity index (χ3v) is 10.4. The Morgan fingerprint density at radius 3 is 2.91 bits per heavy atom. The number of phenols is 1. The molecule has 0 unspecified atom stereocenters. The van der Waals surface area contributed by atoms with Gasteiger partial charge in [0.15, 0.2) is 11.5 Å². The van der Waals surface area contributed by atoms with Gasteiger partial charge in [0.05, 0.1) is 6.04 Å². The van der Waals surface area contributed by atoms with Gasteiger partial charge in [-0.15, -0.1) is 0 Å². The predicted octanol–water partition coefficient (Wildman–Crippen LogP) is 2.71. The number of carbonyl (C=O) groups excluding carboxylic acids is 1. The number of ether oxygens (including phenoxy) is 1. The van der Waals surface area contributed by atoms with E-state index in [-0.39, 0.29) is 41.2 Å². The molecule has 7 aliphatic rings. The van der Waals surface area contributed by atoms with Gasteiger partial charge in [0, 0.05) is 47.9 Å². The minimum atomic E-state index is -0.0942. The average molecular weight is 461 g/mol. The van der Waals surface area contributed by atoms with Crippen molar-refractivity contribution < 1.29 is 14.6 Å². The molecule has 5 atom stereocenters. The van der Waals surface area contributed by atoms with Gasteiger partial charge in [-0.1, -0.05) is 6.07 Å². The molecule has 2 aromatic rings. The lowest BCUT2D eigenvalue weighted by Gasteiger charge is -2.66. The summed E-state index contributed by atoms with van der Waals surface area (Å²) in [5.74, 6) is 1.99. The van der Waals surface area contributed by atoms with E-state index in [0.717, 1.165) is 51.1 Å². The molecular weight excluding hydrogens is 428 g/mol. The SMILES string of the molecule is O=C(Cn1cccn1)N1CC[C@@]23CC[C@@H]1[C@@H]1Oc4c(O)ccc5c4[C@@]12CCN(CC1CC1)[C@@H]3C5. The van der Waals surface area contributed by atoms with E-state index in [1.807, 2.05) is 18.3 Å². The molecule has 5 heterocycles. The fraction of sp³-hybridized carbons (Fsp3) is 0.630. The van der Waals surface area contributed by atoms with E-state index in [9.17, 15) is 9.90 Å². The van der Waals surface area contributed by atoms with Gasteiger partial charge in [-0.2, -0.15) is 5.10 Å². The lowest BCUT2D eigenvalue weighted by Crippen LogP contribution is -2.72. The largest absolute Gasteiger partial charge is 0.504 e. The molecule has 1 amide bonds. The molecule has 3 saturated heterocycles. The van der Waals surface area contributed by atoms with Crippen LogP contribution in [0.15, 0.2) is 30.6 Å². The standard InChI is InChI=1S/C27H32N4O3/c32-20-5-4-18-14-21-26-7-6-19(31(13-8-26)22(33)16-30-11-1-10-28-30)25-27(26,23(18)24(20)34-25)9-12-29(21)15-17-2-3-17/h1,4-5,10-11,17,19,21,25,32H,2-3,6-9,12-16H2/t19-,21-,25+,26-,27+/m1/s1. The fourth-order valence-corrected chi connectivity index (χ4v) is 8.92. The molecule has 3 aliphatic carbocycles. The number of benzene rings is 1. The summed E-state index contributed by atoms with van der Waals surface area (Å²) in [4.78, 5) is 18.5. The zero-order chi connectivity index (χ0) is 22.7. The second-order valence-corrected chi connectivity index (χ2v) is 11.7. The first-order chi connectivity index (χ1) is 16.6. The van der Waals surface area contributed by atoms with Gasteiger partial charge in [0.2, 0.25) is 5.91 Å². The zero-order valence-electron chi connectivity index (χ0n) is 19.5. The van der Waals surface area contributed by atoms with Gasteiger partial charge in [0.25, 0.3) is 0 Å². The number of nitrogens with zero attached hydrogens (tertiary/aromatic N) is 4. The molecule has 1 aromatic heterocycles. The van der Waals surface area contributed by atoms with Crippen LogP contribution >= 0.6 is 0 Å². The summed E-state index contributed by atoms with van der Waals surface area (Å²) >= 11 is 0. The zero-order valence-corrected chi connectivity index (χ0v) is 19.5. The molecule has 0 radical (unpaired) electrons. The first kappa shape index (κ1) is 19.7. The Hall–Kier alpha value is -2.54. The second kappa shape index (κ2) is 6.56. The van der Waals surface area contributed by atoms with Crippen molar-refractivity contribution in [3.05, 3.63) is 41.7 Å². The van der Waals surface area contributed by atoms with Gasteiger partial charge in [0.1, 0.15) is 12.6 Å². The van der Waals surface area contributed by atoms with Crippen LogP contribution in [0.5, 0.6) is 11.5 Å². The third-order valence-electron chi connectivity index (χ3n) is 10.4. The molecule has 7 heteroatoms. The number of fused-ring (bicyclic) bond motifs is 3. The molecule has 5 fully saturated rings. The van der Waals surface area contributed by atoms with Gasteiger partial charge >= 0.3 is 0 Å². The molecule has 1 N–H and O–H groups in total. The number of hydrogen-bond donors (Lipinski definition) is 1. The highest BCUT2D eigenvalue weighted by molar-refractivity contribution is 5.77. The number of phenolic OH excluding ortho intramolecular Hbond substituents is 1. The number of aromatic hydroxyl groups is 1. The Labute approximate surface area is 199 Å². The topological polar surface area (TPSA) is 70.8 Å². The minimum Gasteiger partial charge on any atom is -0.504 e. The van der Waals surface area contributed by atoms with Gasteiger partial charge in [-0.3, -0.25) is 14.4 Å². The highest BCUT2D eigenvalue weighted by atomic mass is 16.5. The van der Waals surface area contributed by atoms with Crippen LogP contribution in [-0.4, -0.2) is 68.4 Å². The van der Waals surface area contributed by atoms with E-state index >= 15 is 0 Å². The van der Waals surface area contributed by atoms with Crippen molar-refractivity contribution in [1.82, 2.24) is 19.6 Å². The summed E-state index contributed by atoms with van der Waals surface area (Å²) in [6.45, 7) is 3.39. The smallest absolute Gasteiger partial charge is 0.244 e. The lowest BCUT2D eigenvalue weighted by molar-refractivity contribution is -0.144. The summed E-state index contributed by atoms with van der Waals surface area (Å²) in [6, 6.07) is 6.40. The highest BCUT2D eigenvalue weighted by Crippen LogP contribution is 2.71. The summed E-state index contributed by atoms with van der Waals surface area (Å²) in [7, 11) is 0. The van der Waals surface area contributed by atoms with E-state index in [4.69, 9.17) is 4.74 Å². The van der Waals surface area contributed by atoms with Crippen LogP contribution in [0.3, 0.4) is 0 Å². The number of aromatic nitrogens is 2. The minimum absolute atomic E-state index is 0.0482. The highest BCUT2D eigenvalue weighted by Gasteiger charge is 2.74. The third kappa shape index (κ3) is 2.32. The van der Waals surface area contributed by atoms with E-state index in [0.29, 0.717) is 11.8 Å². The van der Waals surface area contributed by atoms with Crippen LogP contribution in [0.1, 0.15) is 49.7 Å². The van der Waals surface area contributed by atoms with E-state index < -0.39 is 0 Å². The van der Waals surface area contributed by atoms with Crippen molar-refractivity contribution in [3.63, 3.8) is 0 Å². The Morgan fingerprint density at radius 2 is 2.09 bits per heavy atom. The van der Waals surface area contributed by atoms with Crippen molar-refractivity contribution in [2.45, 2.75) is 75.1 Å². The van der Waals surface area contributed by atoms with Crippen molar-refractivity contribution >= 4 is 5.91 Å². The van der Waals surface area contributed by atoms with E-state index in [1.54, 1.807) is 10.9 Å². The molecule has 4 bridgehead atoms. The number of likely N-dealkylation sites (tertiary alicyclic amines) is 1. The number of piperidine rings is 1. The number of hydrogen-bond acceptors (Lipinski definition) is 5. The fourth-order valence-electron chi connectivity index (χ4n) is 8.92. The number of amides is 1. The molecule has 7 nitrogen and oxygen atoms in total. The van der Waals surface area contributed by atoms with Gasteiger partial charge in [-0.25, -0.2) is 0 Å². The quantitative estimate of drug-likeness (QED) is 0.760. The first-order valence-electron chi connectivity index (χ1n) is 13.1. The average Bonchev–Trinajstić information content (AvgIpc) is 3.46. The normalized spacial score (nSPS) is 37.3. The van der Waals surface area contributed by atoms with Crippen LogP contribution in [0.25, 0.3) is 0 Å². The van der Waals surface area contributed by atoms with E-state index in [1.165, 1.54) is 30.5 Å². The maximum atomic E-state index is 13.6.